The number of fused-ring (bicyclic) bond motifs is 1. The van der Waals surface area contributed by atoms with E-state index in [9.17, 15) is 22.8 Å². The van der Waals surface area contributed by atoms with Crippen LogP contribution in [0.5, 0.6) is 0 Å². The smallest absolute Gasteiger partial charge is 0.451 e. The summed E-state index contributed by atoms with van der Waals surface area (Å²) in [5, 5.41) is 1.38. The first-order valence-electron chi connectivity index (χ1n) is 5.43. The van der Waals surface area contributed by atoms with Gasteiger partial charge < -0.3 is 4.74 Å². The van der Waals surface area contributed by atoms with Crippen LogP contribution in [0.4, 0.5) is 13.2 Å². The number of ether oxygens (including phenoxy) is 1. The number of carbonyl (C=O) groups is 1. The Balaban J connectivity index is 2.47. The summed E-state index contributed by atoms with van der Waals surface area (Å²) in [6.45, 7) is 1.79. The lowest BCUT2D eigenvalue weighted by Crippen LogP contribution is -2.26. The van der Waals surface area contributed by atoms with Crippen molar-refractivity contribution in [1.82, 2.24) is 14.4 Å². The van der Waals surface area contributed by atoms with Crippen molar-refractivity contribution in [2.24, 2.45) is 0 Å². The van der Waals surface area contributed by atoms with Gasteiger partial charge in [-0.05, 0) is 6.92 Å². The van der Waals surface area contributed by atoms with E-state index in [-0.39, 0.29) is 23.7 Å². The van der Waals surface area contributed by atoms with E-state index in [1.807, 2.05) is 0 Å². The van der Waals surface area contributed by atoms with Crippen molar-refractivity contribution in [2.45, 2.75) is 19.5 Å². The maximum atomic E-state index is 12.5. The highest BCUT2D eigenvalue weighted by Crippen LogP contribution is 2.26. The molecule has 0 aliphatic carbocycles. The van der Waals surface area contributed by atoms with E-state index in [4.69, 9.17) is 4.74 Å². The Morgan fingerprint density at radius 1 is 1.45 bits per heavy atom. The maximum absolute atomic E-state index is 12.5. The highest BCUT2D eigenvalue weighted by atomic mass is 32.1. The third kappa shape index (κ3) is 2.79. The van der Waals surface area contributed by atoms with Gasteiger partial charge in [0.05, 0.1) is 18.7 Å². The second-order valence-electron chi connectivity index (χ2n) is 3.65. The second kappa shape index (κ2) is 5.19. The first-order chi connectivity index (χ1) is 9.32. The van der Waals surface area contributed by atoms with Crippen molar-refractivity contribution < 1.29 is 22.7 Å². The topological polar surface area (TPSA) is 73.6 Å². The minimum Gasteiger partial charge on any atom is -0.466 e. The summed E-state index contributed by atoms with van der Waals surface area (Å²) < 4.78 is 43.0. The molecule has 2 aromatic rings. The molecule has 2 aromatic heterocycles. The Morgan fingerprint density at radius 3 is 2.75 bits per heavy atom. The van der Waals surface area contributed by atoms with Gasteiger partial charge >= 0.3 is 17.8 Å². The molecule has 0 amide bonds. The van der Waals surface area contributed by atoms with Crippen LogP contribution in [-0.2, 0) is 22.1 Å². The highest BCUT2D eigenvalue weighted by Gasteiger charge is 2.36. The third-order valence-corrected chi connectivity index (χ3v) is 3.13. The predicted molar refractivity (Wildman–Crippen MR) is 62.5 cm³/mol. The van der Waals surface area contributed by atoms with Crippen molar-refractivity contribution in [1.29, 1.82) is 0 Å². The van der Waals surface area contributed by atoms with Crippen molar-refractivity contribution in [2.75, 3.05) is 6.61 Å². The van der Waals surface area contributed by atoms with Crippen LogP contribution < -0.4 is 5.69 Å². The largest absolute Gasteiger partial charge is 0.466 e. The van der Waals surface area contributed by atoms with E-state index in [0.717, 1.165) is 15.7 Å². The molecule has 0 radical (unpaired) electrons. The summed E-state index contributed by atoms with van der Waals surface area (Å²) in [6, 6.07) is 0. The summed E-state index contributed by atoms with van der Waals surface area (Å²) in [6.07, 6.45) is -5.03. The molecule has 108 valence electrons. The molecule has 6 nitrogen and oxygen atoms in total. The minimum atomic E-state index is -4.79. The molecule has 20 heavy (non-hydrogen) atoms. The molecule has 0 aromatic carbocycles. The van der Waals surface area contributed by atoms with Gasteiger partial charge in [-0.15, -0.1) is 11.3 Å². The summed E-state index contributed by atoms with van der Waals surface area (Å²) in [5.41, 5.74) is -0.926. The van der Waals surface area contributed by atoms with Gasteiger partial charge in [0.1, 0.15) is 0 Å². The summed E-state index contributed by atoms with van der Waals surface area (Å²) in [5.74, 6) is -2.08. The van der Waals surface area contributed by atoms with Crippen LogP contribution in [0.2, 0.25) is 0 Å². The van der Waals surface area contributed by atoms with Gasteiger partial charge in [-0.2, -0.15) is 23.1 Å². The minimum absolute atomic E-state index is 0.170. The van der Waals surface area contributed by atoms with E-state index in [1.165, 1.54) is 5.38 Å². The van der Waals surface area contributed by atoms with E-state index >= 15 is 0 Å². The molecule has 0 unspecified atom stereocenters. The molecule has 0 spiro atoms. The first-order valence-corrected chi connectivity index (χ1v) is 6.31. The Morgan fingerprint density at radius 2 is 2.15 bits per heavy atom. The summed E-state index contributed by atoms with van der Waals surface area (Å²) in [4.78, 5) is 29.0. The zero-order valence-electron chi connectivity index (χ0n) is 10.1. The number of nitrogens with zero attached hydrogens (tertiary/aromatic N) is 3. The number of alkyl halides is 3. The molecule has 0 bridgehead atoms. The second-order valence-corrected chi connectivity index (χ2v) is 4.49. The fraction of sp³-hybridized carbons (Fsp3) is 0.400. The summed E-state index contributed by atoms with van der Waals surface area (Å²) >= 11 is 0.823. The number of rotatable bonds is 3. The third-order valence-electron chi connectivity index (χ3n) is 2.26. The number of aromatic nitrogens is 3. The van der Waals surface area contributed by atoms with Gasteiger partial charge in [-0.3, -0.25) is 4.79 Å². The Kier molecular flexibility index (Phi) is 3.75. The fourth-order valence-corrected chi connectivity index (χ4v) is 2.36. The zero-order valence-corrected chi connectivity index (χ0v) is 10.9. The van der Waals surface area contributed by atoms with Crippen molar-refractivity contribution in [3.63, 3.8) is 0 Å². The summed E-state index contributed by atoms with van der Waals surface area (Å²) in [7, 11) is 0. The monoisotopic (exact) mass is 307 g/mol. The molecular weight excluding hydrogens is 299 g/mol. The average molecular weight is 307 g/mol. The zero-order chi connectivity index (χ0) is 14.9. The number of carbonyl (C=O) groups excluding carboxylic acids is 1. The molecule has 0 aliphatic heterocycles. The Bertz CT molecular complexity index is 707. The van der Waals surface area contributed by atoms with Gasteiger partial charge in [-0.25, -0.2) is 9.20 Å². The molecule has 2 heterocycles. The molecule has 0 saturated heterocycles. The normalized spacial score (nSPS) is 11.8. The molecule has 0 saturated carbocycles. The number of hydrogen-bond acceptors (Lipinski definition) is 6. The molecule has 0 N–H and O–H groups in total. The van der Waals surface area contributed by atoms with Crippen LogP contribution in [0.15, 0.2) is 10.2 Å². The van der Waals surface area contributed by atoms with Gasteiger partial charge in [0.15, 0.2) is 4.96 Å². The lowest BCUT2D eigenvalue weighted by Gasteiger charge is -2.04. The number of hydrogen-bond donors (Lipinski definition) is 0. The average Bonchev–Trinajstić information content (AvgIpc) is 2.72. The molecule has 0 fully saturated rings. The van der Waals surface area contributed by atoms with Crippen LogP contribution >= 0.6 is 11.3 Å². The number of halogens is 3. The Labute approximate surface area is 113 Å². The standard InChI is InChI=1S/C10H8F3N3O3S/c1-2-19-6(17)3-5-4-20-9-15-7(10(11,12)13)14-8(18)16(5)9/h4H,2-3H2,1H3. The van der Waals surface area contributed by atoms with E-state index in [1.54, 1.807) is 6.92 Å². The number of thiazole rings is 1. The molecule has 10 heteroatoms. The molecular formula is C10H8F3N3O3S. The van der Waals surface area contributed by atoms with Crippen LogP contribution in [0.1, 0.15) is 18.4 Å². The lowest BCUT2D eigenvalue weighted by molar-refractivity contribution is -0.145. The highest BCUT2D eigenvalue weighted by molar-refractivity contribution is 7.15. The quantitative estimate of drug-likeness (QED) is 0.799. The van der Waals surface area contributed by atoms with Crippen LogP contribution in [0.25, 0.3) is 4.96 Å². The molecule has 2 rings (SSSR count). The SMILES string of the molecule is CCOC(=O)Cc1csc2nc(C(F)(F)F)nc(=O)n12. The van der Waals surface area contributed by atoms with Gasteiger partial charge in [0, 0.05) is 5.38 Å². The lowest BCUT2D eigenvalue weighted by atomic mass is 10.3. The molecule has 0 aliphatic rings. The molecule has 0 atom stereocenters. The van der Waals surface area contributed by atoms with Crippen LogP contribution in [0, 0.1) is 0 Å². The maximum Gasteiger partial charge on any atom is 0.451 e. The van der Waals surface area contributed by atoms with Crippen molar-refractivity contribution in [3.05, 3.63) is 27.4 Å². The van der Waals surface area contributed by atoms with Gasteiger partial charge in [0.25, 0.3) is 0 Å². The first kappa shape index (κ1) is 14.4. The van der Waals surface area contributed by atoms with Crippen molar-refractivity contribution in [3.8, 4) is 0 Å². The Hall–Kier alpha value is -1.97. The number of esters is 1. The van der Waals surface area contributed by atoms with Crippen molar-refractivity contribution >= 4 is 22.3 Å². The van der Waals surface area contributed by atoms with Crippen LogP contribution in [-0.4, -0.2) is 26.9 Å². The van der Waals surface area contributed by atoms with Crippen LogP contribution in [0.3, 0.4) is 0 Å². The van der Waals surface area contributed by atoms with E-state index in [2.05, 4.69) is 9.97 Å². The van der Waals surface area contributed by atoms with E-state index in [0.29, 0.717) is 0 Å². The van der Waals surface area contributed by atoms with Gasteiger partial charge in [0.2, 0.25) is 5.82 Å². The fourth-order valence-electron chi connectivity index (χ4n) is 1.49. The predicted octanol–water partition coefficient (Wildman–Crippen LogP) is 1.28. The van der Waals surface area contributed by atoms with Gasteiger partial charge in [-0.1, -0.05) is 0 Å². The van der Waals surface area contributed by atoms with E-state index < -0.39 is 23.7 Å².